The first kappa shape index (κ1) is 18.5. The van der Waals surface area contributed by atoms with E-state index in [0.717, 1.165) is 30.6 Å². The van der Waals surface area contributed by atoms with Gasteiger partial charge in [0.2, 0.25) is 0 Å². The number of carbonyl (C=O) groups is 1. The summed E-state index contributed by atoms with van der Waals surface area (Å²) < 4.78 is 0. The molecule has 0 radical (unpaired) electrons. The molecular formula is C23H24O2S. The lowest BCUT2D eigenvalue weighted by Crippen LogP contribution is -2.10. The van der Waals surface area contributed by atoms with Gasteiger partial charge in [-0.15, -0.1) is 11.8 Å². The van der Waals surface area contributed by atoms with E-state index in [4.69, 9.17) is 0 Å². The van der Waals surface area contributed by atoms with Crippen molar-refractivity contribution in [1.82, 2.24) is 0 Å². The molecule has 3 aromatic rings. The Bertz CT molecular complexity index is 845. The summed E-state index contributed by atoms with van der Waals surface area (Å²) >= 11 is 1.70. The molecule has 3 aromatic carbocycles. The third kappa shape index (κ3) is 5.63. The normalized spacial score (nSPS) is 12.2. The van der Waals surface area contributed by atoms with Gasteiger partial charge in [0.05, 0.1) is 6.42 Å². The SMILES string of the molecule is O=C(O)CC(CCCCc1ccccc1)Sc1ccc2ccccc2c1. The topological polar surface area (TPSA) is 37.3 Å². The van der Waals surface area contributed by atoms with Gasteiger partial charge in [0.15, 0.2) is 0 Å². The number of carboxylic acids is 1. The standard InChI is InChI=1S/C23H24O2S/c24-23(25)17-21(13-7-4-10-18-8-2-1-3-9-18)26-22-15-14-19-11-5-6-12-20(19)16-22/h1-3,5-6,8-9,11-12,14-16,21H,4,7,10,13,17H2,(H,24,25). The lowest BCUT2D eigenvalue weighted by Gasteiger charge is -2.15. The van der Waals surface area contributed by atoms with E-state index in [1.807, 2.05) is 18.2 Å². The van der Waals surface area contributed by atoms with Gasteiger partial charge in [-0.3, -0.25) is 4.79 Å². The lowest BCUT2D eigenvalue weighted by atomic mass is 10.1. The smallest absolute Gasteiger partial charge is 0.304 e. The van der Waals surface area contributed by atoms with Crippen molar-refractivity contribution >= 4 is 28.5 Å². The fraction of sp³-hybridized carbons (Fsp3) is 0.261. The number of aliphatic carboxylic acids is 1. The third-order valence-corrected chi connectivity index (χ3v) is 5.77. The van der Waals surface area contributed by atoms with Crippen LogP contribution in [0.5, 0.6) is 0 Å². The number of benzene rings is 3. The molecule has 0 saturated carbocycles. The minimum Gasteiger partial charge on any atom is -0.481 e. The van der Waals surface area contributed by atoms with Gasteiger partial charge in [-0.1, -0.05) is 67.1 Å². The number of rotatable bonds is 9. The van der Waals surface area contributed by atoms with Crippen LogP contribution < -0.4 is 0 Å². The highest BCUT2D eigenvalue weighted by atomic mass is 32.2. The Morgan fingerprint density at radius 1 is 0.885 bits per heavy atom. The van der Waals surface area contributed by atoms with Crippen molar-refractivity contribution in [3.63, 3.8) is 0 Å². The van der Waals surface area contributed by atoms with Gasteiger partial charge in [-0.25, -0.2) is 0 Å². The van der Waals surface area contributed by atoms with E-state index in [1.165, 1.54) is 16.3 Å². The second-order valence-corrected chi connectivity index (χ2v) is 7.95. The number of carboxylic acid groups (broad SMARTS) is 1. The van der Waals surface area contributed by atoms with Gasteiger partial charge in [0, 0.05) is 10.1 Å². The van der Waals surface area contributed by atoms with Crippen LogP contribution in [0.2, 0.25) is 0 Å². The molecule has 3 rings (SSSR count). The minimum absolute atomic E-state index is 0.115. The van der Waals surface area contributed by atoms with Crippen molar-refractivity contribution in [2.75, 3.05) is 0 Å². The van der Waals surface area contributed by atoms with E-state index in [9.17, 15) is 9.90 Å². The van der Waals surface area contributed by atoms with E-state index in [-0.39, 0.29) is 11.7 Å². The van der Waals surface area contributed by atoms with Crippen molar-refractivity contribution in [3.05, 3.63) is 78.4 Å². The van der Waals surface area contributed by atoms with Crippen LogP contribution in [0.4, 0.5) is 0 Å². The second kappa shape index (κ2) is 9.44. The molecule has 0 fully saturated rings. The molecule has 0 bridgehead atoms. The number of hydrogen-bond acceptors (Lipinski definition) is 2. The molecule has 0 aliphatic heterocycles. The first-order valence-electron chi connectivity index (χ1n) is 9.12. The lowest BCUT2D eigenvalue weighted by molar-refractivity contribution is -0.137. The maximum absolute atomic E-state index is 11.3. The predicted octanol–water partition coefficient (Wildman–Crippen LogP) is 6.19. The summed E-state index contributed by atoms with van der Waals surface area (Å²) in [5, 5.41) is 11.8. The molecule has 134 valence electrons. The Hall–Kier alpha value is -2.26. The van der Waals surface area contributed by atoms with Gasteiger partial charge in [-0.05, 0) is 47.7 Å². The van der Waals surface area contributed by atoms with Crippen LogP contribution in [0.1, 0.15) is 31.2 Å². The van der Waals surface area contributed by atoms with Crippen LogP contribution in [-0.4, -0.2) is 16.3 Å². The highest BCUT2D eigenvalue weighted by molar-refractivity contribution is 8.00. The van der Waals surface area contributed by atoms with Gasteiger partial charge >= 0.3 is 5.97 Å². The van der Waals surface area contributed by atoms with Crippen molar-refractivity contribution in [2.24, 2.45) is 0 Å². The molecule has 0 aromatic heterocycles. The minimum atomic E-state index is -0.716. The molecule has 1 unspecified atom stereocenters. The van der Waals surface area contributed by atoms with Crippen LogP contribution in [0.25, 0.3) is 10.8 Å². The summed E-state index contributed by atoms with van der Waals surface area (Å²) in [4.78, 5) is 12.4. The Labute approximate surface area is 159 Å². The summed E-state index contributed by atoms with van der Waals surface area (Å²) in [5.41, 5.74) is 1.35. The molecule has 0 aliphatic carbocycles. The summed E-state index contributed by atoms with van der Waals surface area (Å²) in [6.45, 7) is 0. The molecule has 0 saturated heterocycles. The Morgan fingerprint density at radius 2 is 1.62 bits per heavy atom. The van der Waals surface area contributed by atoms with Crippen molar-refractivity contribution in [2.45, 2.75) is 42.2 Å². The van der Waals surface area contributed by atoms with Gasteiger partial charge in [-0.2, -0.15) is 0 Å². The molecule has 0 spiro atoms. The van der Waals surface area contributed by atoms with Gasteiger partial charge < -0.3 is 5.11 Å². The third-order valence-electron chi connectivity index (χ3n) is 4.51. The predicted molar refractivity (Wildman–Crippen MR) is 110 cm³/mol. The van der Waals surface area contributed by atoms with E-state index >= 15 is 0 Å². The Morgan fingerprint density at radius 3 is 2.38 bits per heavy atom. The van der Waals surface area contributed by atoms with Crippen LogP contribution >= 0.6 is 11.8 Å². The number of hydrogen-bond donors (Lipinski definition) is 1. The molecule has 26 heavy (non-hydrogen) atoms. The molecule has 0 heterocycles. The summed E-state index contributed by atoms with van der Waals surface area (Å²) in [5.74, 6) is -0.716. The molecule has 2 nitrogen and oxygen atoms in total. The van der Waals surface area contributed by atoms with Crippen molar-refractivity contribution in [3.8, 4) is 0 Å². The highest BCUT2D eigenvalue weighted by Gasteiger charge is 2.15. The zero-order valence-electron chi connectivity index (χ0n) is 14.8. The molecule has 0 aliphatic rings. The fourth-order valence-corrected chi connectivity index (χ4v) is 4.41. The molecule has 0 amide bonds. The second-order valence-electron chi connectivity index (χ2n) is 6.58. The van der Waals surface area contributed by atoms with Gasteiger partial charge in [0.25, 0.3) is 0 Å². The zero-order chi connectivity index (χ0) is 18.2. The van der Waals surface area contributed by atoms with Crippen LogP contribution in [0, 0.1) is 0 Å². The van der Waals surface area contributed by atoms with E-state index in [1.54, 1.807) is 11.8 Å². The Kier molecular flexibility index (Phi) is 6.73. The maximum atomic E-state index is 11.3. The Balaban J connectivity index is 1.57. The number of fused-ring (bicyclic) bond motifs is 1. The average molecular weight is 365 g/mol. The van der Waals surface area contributed by atoms with Crippen molar-refractivity contribution in [1.29, 1.82) is 0 Å². The summed E-state index contributed by atoms with van der Waals surface area (Å²) in [6.07, 6.45) is 4.34. The average Bonchev–Trinajstić information content (AvgIpc) is 2.65. The van der Waals surface area contributed by atoms with E-state index in [0.29, 0.717) is 0 Å². The monoisotopic (exact) mass is 364 g/mol. The van der Waals surface area contributed by atoms with Gasteiger partial charge in [0.1, 0.15) is 0 Å². The van der Waals surface area contributed by atoms with Crippen LogP contribution in [0.3, 0.4) is 0 Å². The fourth-order valence-electron chi connectivity index (χ4n) is 3.18. The largest absolute Gasteiger partial charge is 0.481 e. The molecular weight excluding hydrogens is 340 g/mol. The first-order chi connectivity index (χ1) is 12.7. The number of unbranched alkanes of at least 4 members (excludes halogenated alkanes) is 1. The molecule has 1 atom stereocenters. The van der Waals surface area contributed by atoms with E-state index in [2.05, 4.69) is 54.6 Å². The zero-order valence-corrected chi connectivity index (χ0v) is 15.6. The van der Waals surface area contributed by atoms with Crippen molar-refractivity contribution < 1.29 is 9.90 Å². The summed E-state index contributed by atoms with van der Waals surface area (Å²) in [6, 6.07) is 25.1. The highest BCUT2D eigenvalue weighted by Crippen LogP contribution is 2.31. The van der Waals surface area contributed by atoms with Crippen LogP contribution in [0.15, 0.2) is 77.7 Å². The first-order valence-corrected chi connectivity index (χ1v) is 10.00. The summed E-state index contributed by atoms with van der Waals surface area (Å²) in [7, 11) is 0. The van der Waals surface area contributed by atoms with Crippen LogP contribution in [-0.2, 0) is 11.2 Å². The number of aryl methyl sites for hydroxylation is 1. The molecule has 1 N–H and O–H groups in total. The van der Waals surface area contributed by atoms with E-state index < -0.39 is 5.97 Å². The number of thioether (sulfide) groups is 1. The quantitative estimate of drug-likeness (QED) is 0.363. The maximum Gasteiger partial charge on any atom is 0.304 e. The molecule has 3 heteroatoms.